The number of hydrogen-bond acceptors (Lipinski definition) is 5. The van der Waals surface area contributed by atoms with Crippen molar-refractivity contribution in [3.8, 4) is 5.75 Å². The van der Waals surface area contributed by atoms with Crippen LogP contribution in [0.3, 0.4) is 0 Å². The molecule has 1 amide bonds. The number of ether oxygens (including phenoxy) is 1. The molecule has 1 aliphatic heterocycles. The molecule has 0 radical (unpaired) electrons. The molecule has 0 aliphatic carbocycles. The summed E-state index contributed by atoms with van der Waals surface area (Å²) in [5, 5.41) is 0. The van der Waals surface area contributed by atoms with Crippen molar-refractivity contribution in [2.24, 2.45) is 0 Å². The van der Waals surface area contributed by atoms with Crippen LogP contribution in [0.5, 0.6) is 5.75 Å². The lowest BCUT2D eigenvalue weighted by molar-refractivity contribution is -0.117. The highest BCUT2D eigenvalue weighted by Crippen LogP contribution is 2.30. The average Bonchev–Trinajstić information content (AvgIpc) is 3.27. The van der Waals surface area contributed by atoms with Crippen molar-refractivity contribution in [3.63, 3.8) is 0 Å². The zero-order chi connectivity index (χ0) is 23.4. The molecule has 0 bridgehead atoms. The Labute approximate surface area is 199 Å². The molecule has 4 rings (SSSR count). The van der Waals surface area contributed by atoms with Gasteiger partial charge in [0, 0.05) is 17.1 Å². The second kappa shape index (κ2) is 9.89. The van der Waals surface area contributed by atoms with Gasteiger partial charge in [-0.15, -0.1) is 11.8 Å². The van der Waals surface area contributed by atoms with Crippen molar-refractivity contribution in [2.45, 2.75) is 23.1 Å². The standard InChI is InChI=1S/C25H26N2O4S2/c1-3-31-21-10-8-20(9-11-21)27(33(29,30)23-14-12-22(32-2)13-15-23)18-25(28)26-17-16-19-6-4-5-7-24(19)26/h4-15H,3,16-18H2,1-2H3. The number of para-hydroxylation sites is 1. The summed E-state index contributed by atoms with van der Waals surface area (Å²) >= 11 is 1.54. The van der Waals surface area contributed by atoms with Gasteiger partial charge in [0.25, 0.3) is 10.0 Å². The van der Waals surface area contributed by atoms with Crippen LogP contribution in [0, 0.1) is 0 Å². The number of nitrogens with zero attached hydrogens (tertiary/aromatic N) is 2. The van der Waals surface area contributed by atoms with Gasteiger partial charge in [-0.05, 0) is 79.8 Å². The van der Waals surface area contributed by atoms with Gasteiger partial charge in [-0.25, -0.2) is 8.42 Å². The molecule has 1 aliphatic rings. The molecular weight excluding hydrogens is 456 g/mol. The van der Waals surface area contributed by atoms with E-state index < -0.39 is 10.0 Å². The molecule has 3 aromatic rings. The maximum atomic E-state index is 13.7. The fourth-order valence-corrected chi connectivity index (χ4v) is 5.69. The molecule has 0 fully saturated rings. The lowest BCUT2D eigenvalue weighted by Crippen LogP contribution is -2.42. The smallest absolute Gasteiger partial charge is 0.264 e. The maximum Gasteiger partial charge on any atom is 0.264 e. The minimum Gasteiger partial charge on any atom is -0.494 e. The van der Waals surface area contributed by atoms with E-state index in [0.29, 0.717) is 24.6 Å². The minimum atomic E-state index is -3.97. The second-order valence-electron chi connectivity index (χ2n) is 7.54. The molecule has 3 aromatic carbocycles. The van der Waals surface area contributed by atoms with Crippen molar-refractivity contribution in [1.29, 1.82) is 0 Å². The number of benzene rings is 3. The number of carbonyl (C=O) groups excluding carboxylic acids is 1. The Morgan fingerprint density at radius 3 is 2.39 bits per heavy atom. The topological polar surface area (TPSA) is 66.9 Å². The van der Waals surface area contributed by atoms with E-state index in [0.717, 1.165) is 22.6 Å². The first kappa shape index (κ1) is 23.2. The molecule has 172 valence electrons. The van der Waals surface area contributed by atoms with Gasteiger partial charge < -0.3 is 9.64 Å². The van der Waals surface area contributed by atoms with Crippen LogP contribution in [0.25, 0.3) is 0 Å². The molecule has 0 saturated carbocycles. The first-order valence-corrected chi connectivity index (χ1v) is 13.4. The number of carbonyl (C=O) groups is 1. The maximum absolute atomic E-state index is 13.7. The normalized spacial score (nSPS) is 13.0. The first-order valence-electron chi connectivity index (χ1n) is 10.7. The summed E-state index contributed by atoms with van der Waals surface area (Å²) in [5.41, 5.74) is 2.35. The van der Waals surface area contributed by atoms with Gasteiger partial charge in [0.05, 0.1) is 17.2 Å². The molecule has 0 unspecified atom stereocenters. The Kier molecular flexibility index (Phi) is 6.95. The largest absolute Gasteiger partial charge is 0.494 e. The summed E-state index contributed by atoms with van der Waals surface area (Å²) in [5.74, 6) is 0.376. The van der Waals surface area contributed by atoms with E-state index in [4.69, 9.17) is 4.74 Å². The Morgan fingerprint density at radius 2 is 1.73 bits per heavy atom. The third-order valence-corrected chi connectivity index (χ3v) is 8.08. The molecule has 6 nitrogen and oxygen atoms in total. The Morgan fingerprint density at radius 1 is 1.03 bits per heavy atom. The Bertz CT molecular complexity index is 1230. The van der Waals surface area contributed by atoms with Gasteiger partial charge in [0.15, 0.2) is 0 Å². The fourth-order valence-electron chi connectivity index (χ4n) is 3.87. The van der Waals surface area contributed by atoms with E-state index in [-0.39, 0.29) is 17.3 Å². The highest BCUT2D eigenvalue weighted by molar-refractivity contribution is 7.98. The molecule has 33 heavy (non-hydrogen) atoms. The van der Waals surface area contributed by atoms with Crippen molar-refractivity contribution < 1.29 is 17.9 Å². The van der Waals surface area contributed by atoms with Crippen LogP contribution in [-0.2, 0) is 21.2 Å². The van der Waals surface area contributed by atoms with E-state index in [1.165, 1.54) is 16.1 Å². The molecule has 1 heterocycles. The van der Waals surface area contributed by atoms with Crippen molar-refractivity contribution in [3.05, 3.63) is 78.4 Å². The molecule has 0 spiro atoms. The SMILES string of the molecule is CCOc1ccc(N(CC(=O)N2CCc3ccccc32)S(=O)(=O)c2ccc(SC)cc2)cc1. The number of amides is 1. The van der Waals surface area contributed by atoms with Crippen LogP contribution in [-0.4, -0.2) is 40.3 Å². The summed E-state index contributed by atoms with van der Waals surface area (Å²) in [4.78, 5) is 16.1. The monoisotopic (exact) mass is 482 g/mol. The number of fused-ring (bicyclic) bond motifs is 1. The average molecular weight is 483 g/mol. The van der Waals surface area contributed by atoms with E-state index in [9.17, 15) is 13.2 Å². The molecule has 0 aromatic heterocycles. The summed E-state index contributed by atoms with van der Waals surface area (Å²) in [6, 6.07) is 21.2. The summed E-state index contributed by atoms with van der Waals surface area (Å²) in [6.45, 7) is 2.64. The lowest BCUT2D eigenvalue weighted by Gasteiger charge is -2.27. The van der Waals surface area contributed by atoms with Crippen LogP contribution in [0.1, 0.15) is 12.5 Å². The minimum absolute atomic E-state index is 0.142. The second-order valence-corrected chi connectivity index (χ2v) is 10.3. The van der Waals surface area contributed by atoms with Gasteiger partial charge >= 0.3 is 0 Å². The fraction of sp³-hybridized carbons (Fsp3) is 0.240. The van der Waals surface area contributed by atoms with Gasteiger partial charge in [0.1, 0.15) is 12.3 Å². The number of sulfonamides is 1. The predicted molar refractivity (Wildman–Crippen MR) is 133 cm³/mol. The van der Waals surface area contributed by atoms with E-state index in [1.54, 1.807) is 53.4 Å². The van der Waals surface area contributed by atoms with Gasteiger partial charge in [-0.1, -0.05) is 18.2 Å². The Hall–Kier alpha value is -2.97. The van der Waals surface area contributed by atoms with Crippen molar-refractivity contribution >= 4 is 39.1 Å². The molecule has 0 atom stereocenters. The lowest BCUT2D eigenvalue weighted by atomic mass is 10.2. The number of rotatable bonds is 8. The summed E-state index contributed by atoms with van der Waals surface area (Å²) in [7, 11) is -3.97. The highest BCUT2D eigenvalue weighted by Gasteiger charge is 2.31. The van der Waals surface area contributed by atoms with Crippen LogP contribution in [0.15, 0.2) is 82.6 Å². The quantitative estimate of drug-likeness (QED) is 0.439. The Balaban J connectivity index is 1.68. The summed E-state index contributed by atoms with van der Waals surface area (Å²) in [6.07, 6.45) is 2.69. The zero-order valence-corrected chi connectivity index (χ0v) is 20.2. The highest BCUT2D eigenvalue weighted by atomic mass is 32.2. The first-order chi connectivity index (χ1) is 15.9. The third kappa shape index (κ3) is 4.86. The zero-order valence-electron chi connectivity index (χ0n) is 18.6. The number of anilines is 2. The van der Waals surface area contributed by atoms with E-state index in [2.05, 4.69) is 0 Å². The third-order valence-electron chi connectivity index (χ3n) is 5.55. The number of thioether (sulfide) groups is 1. The van der Waals surface area contributed by atoms with Crippen LogP contribution in [0.4, 0.5) is 11.4 Å². The van der Waals surface area contributed by atoms with E-state index in [1.807, 2.05) is 37.4 Å². The predicted octanol–water partition coefficient (Wildman–Crippen LogP) is 4.59. The summed E-state index contributed by atoms with van der Waals surface area (Å²) < 4.78 is 34.0. The van der Waals surface area contributed by atoms with Gasteiger partial charge in [0.2, 0.25) is 5.91 Å². The van der Waals surface area contributed by atoms with Crippen LogP contribution >= 0.6 is 11.8 Å². The van der Waals surface area contributed by atoms with Gasteiger partial charge in [-0.3, -0.25) is 9.10 Å². The van der Waals surface area contributed by atoms with Crippen LogP contribution in [0.2, 0.25) is 0 Å². The molecule has 0 saturated heterocycles. The molecule has 0 N–H and O–H groups in total. The van der Waals surface area contributed by atoms with Gasteiger partial charge in [-0.2, -0.15) is 0 Å². The number of hydrogen-bond donors (Lipinski definition) is 0. The van der Waals surface area contributed by atoms with Crippen molar-refractivity contribution in [1.82, 2.24) is 0 Å². The molecular formula is C25H26N2O4S2. The molecule has 8 heteroatoms. The van der Waals surface area contributed by atoms with Crippen LogP contribution < -0.4 is 13.9 Å². The van der Waals surface area contributed by atoms with Crippen molar-refractivity contribution in [2.75, 3.05) is 35.2 Å². The van der Waals surface area contributed by atoms with E-state index >= 15 is 0 Å².